The highest BCUT2D eigenvalue weighted by atomic mass is 32.2. The van der Waals surface area contributed by atoms with Crippen molar-refractivity contribution >= 4 is 21.6 Å². The molecule has 35 heavy (non-hydrogen) atoms. The number of hydrogen-bond acceptors (Lipinski definition) is 5. The second kappa shape index (κ2) is 10.4. The molecule has 1 aromatic heterocycles. The van der Waals surface area contributed by atoms with E-state index in [-0.39, 0.29) is 16.4 Å². The first-order chi connectivity index (χ1) is 16.8. The van der Waals surface area contributed by atoms with Crippen molar-refractivity contribution in [1.29, 1.82) is 0 Å². The van der Waals surface area contributed by atoms with Crippen molar-refractivity contribution in [1.82, 2.24) is 14.7 Å². The number of sulfonamides is 1. The Balaban J connectivity index is 1.41. The Labute approximate surface area is 204 Å². The van der Waals surface area contributed by atoms with E-state index in [1.165, 1.54) is 17.0 Å². The molecule has 0 unspecified atom stereocenters. The summed E-state index contributed by atoms with van der Waals surface area (Å²) in [7, 11) is -0.427. The summed E-state index contributed by atoms with van der Waals surface area (Å²) in [6, 6.07) is 22.4. The van der Waals surface area contributed by atoms with Crippen LogP contribution in [0.2, 0.25) is 0 Å². The number of aromatic nitrogens is 2. The van der Waals surface area contributed by atoms with Gasteiger partial charge in [0, 0.05) is 43.7 Å². The smallest absolute Gasteiger partial charge is 0.261 e. The van der Waals surface area contributed by atoms with Crippen LogP contribution in [0.5, 0.6) is 5.75 Å². The van der Waals surface area contributed by atoms with Gasteiger partial charge in [0.05, 0.1) is 11.1 Å². The molecule has 0 saturated carbocycles. The molecule has 9 heteroatoms. The number of rotatable bonds is 9. The third-order valence-corrected chi connectivity index (χ3v) is 6.65. The van der Waals surface area contributed by atoms with Crippen LogP contribution in [0.4, 0.5) is 5.69 Å². The molecule has 8 nitrogen and oxygen atoms in total. The zero-order chi connectivity index (χ0) is 24.8. The standard InChI is InChI=1S/C26H26N4O4S/c1-29(17-21-16-27-30(2)18-21)26(31)22-9-6-10-25(15-22)35(32,33)28-23-11-13-24(14-12-23)34-19-20-7-4-3-5-8-20/h3-16,18,28H,17,19H2,1-2H3. The quantitative estimate of drug-likeness (QED) is 0.382. The highest BCUT2D eigenvalue weighted by Crippen LogP contribution is 2.21. The molecule has 1 heterocycles. The molecule has 0 fully saturated rings. The second-order valence-corrected chi connectivity index (χ2v) is 9.80. The molecule has 0 spiro atoms. The second-order valence-electron chi connectivity index (χ2n) is 8.12. The third-order valence-electron chi connectivity index (χ3n) is 5.27. The fourth-order valence-electron chi connectivity index (χ4n) is 3.49. The van der Waals surface area contributed by atoms with Crippen molar-refractivity contribution in [2.45, 2.75) is 18.0 Å². The summed E-state index contributed by atoms with van der Waals surface area (Å²) < 4.78 is 35.9. The molecule has 0 saturated heterocycles. The largest absolute Gasteiger partial charge is 0.489 e. The number of benzene rings is 3. The lowest BCUT2D eigenvalue weighted by atomic mass is 10.2. The van der Waals surface area contributed by atoms with Crippen LogP contribution in [0.25, 0.3) is 0 Å². The van der Waals surface area contributed by atoms with E-state index in [1.54, 1.807) is 61.4 Å². The zero-order valence-electron chi connectivity index (χ0n) is 19.5. The first-order valence-electron chi connectivity index (χ1n) is 10.9. The highest BCUT2D eigenvalue weighted by Gasteiger charge is 2.19. The Morgan fingerprint density at radius 3 is 2.43 bits per heavy atom. The summed E-state index contributed by atoms with van der Waals surface area (Å²) in [4.78, 5) is 14.4. The van der Waals surface area contributed by atoms with Gasteiger partial charge in [-0.2, -0.15) is 5.10 Å². The van der Waals surface area contributed by atoms with E-state index in [0.717, 1.165) is 11.1 Å². The molecule has 1 amide bonds. The van der Waals surface area contributed by atoms with Crippen molar-refractivity contribution in [3.63, 3.8) is 0 Å². The first kappa shape index (κ1) is 24.0. The summed E-state index contributed by atoms with van der Waals surface area (Å²) in [6.07, 6.45) is 3.51. The predicted octanol–water partition coefficient (Wildman–Crippen LogP) is 4.07. The van der Waals surface area contributed by atoms with Crippen LogP contribution in [-0.4, -0.2) is 36.1 Å². The predicted molar refractivity (Wildman–Crippen MR) is 133 cm³/mol. The van der Waals surface area contributed by atoms with Gasteiger partial charge in [-0.15, -0.1) is 0 Å². The molecular weight excluding hydrogens is 464 g/mol. The van der Waals surface area contributed by atoms with E-state index in [9.17, 15) is 13.2 Å². The topological polar surface area (TPSA) is 93.5 Å². The number of ether oxygens (including phenoxy) is 1. The number of amides is 1. The molecule has 0 aliphatic rings. The van der Waals surface area contributed by atoms with E-state index in [4.69, 9.17) is 4.74 Å². The minimum Gasteiger partial charge on any atom is -0.489 e. The fraction of sp³-hybridized carbons (Fsp3) is 0.154. The van der Waals surface area contributed by atoms with Crippen LogP contribution in [0, 0.1) is 0 Å². The van der Waals surface area contributed by atoms with Crippen LogP contribution >= 0.6 is 0 Å². The monoisotopic (exact) mass is 490 g/mol. The molecular formula is C26H26N4O4S. The van der Waals surface area contributed by atoms with Crippen molar-refractivity contribution < 1.29 is 17.9 Å². The van der Waals surface area contributed by atoms with Gasteiger partial charge in [-0.3, -0.25) is 14.2 Å². The number of carbonyl (C=O) groups is 1. The van der Waals surface area contributed by atoms with Crippen molar-refractivity contribution in [3.8, 4) is 5.75 Å². The van der Waals surface area contributed by atoms with E-state index in [0.29, 0.717) is 24.6 Å². The molecule has 4 aromatic rings. The molecule has 180 valence electrons. The normalized spacial score (nSPS) is 11.1. The van der Waals surface area contributed by atoms with Crippen LogP contribution in [0.15, 0.2) is 96.2 Å². The first-order valence-corrected chi connectivity index (χ1v) is 12.4. The van der Waals surface area contributed by atoms with Gasteiger partial charge >= 0.3 is 0 Å². The Kier molecular flexibility index (Phi) is 7.17. The van der Waals surface area contributed by atoms with Crippen LogP contribution in [-0.2, 0) is 30.2 Å². The number of nitrogens with zero attached hydrogens (tertiary/aromatic N) is 3. The summed E-state index contributed by atoms with van der Waals surface area (Å²) >= 11 is 0. The molecule has 0 bridgehead atoms. The Morgan fingerprint density at radius 1 is 1.00 bits per heavy atom. The van der Waals surface area contributed by atoms with E-state index < -0.39 is 10.0 Å². The highest BCUT2D eigenvalue weighted by molar-refractivity contribution is 7.92. The number of anilines is 1. The Morgan fingerprint density at radius 2 is 1.74 bits per heavy atom. The van der Waals surface area contributed by atoms with Crippen molar-refractivity contribution in [3.05, 3.63) is 108 Å². The Bertz CT molecular complexity index is 1400. The SMILES string of the molecule is CN(Cc1cnn(C)c1)C(=O)c1cccc(S(=O)(=O)Nc2ccc(OCc3ccccc3)cc2)c1. The van der Waals surface area contributed by atoms with Crippen LogP contribution in [0.1, 0.15) is 21.5 Å². The summed E-state index contributed by atoms with van der Waals surface area (Å²) in [5.74, 6) is 0.340. The van der Waals surface area contributed by atoms with Crippen LogP contribution in [0.3, 0.4) is 0 Å². The van der Waals surface area contributed by atoms with Crippen molar-refractivity contribution in [2.24, 2.45) is 7.05 Å². The third kappa shape index (κ3) is 6.27. The number of aryl methyl sites for hydroxylation is 1. The van der Waals surface area contributed by atoms with Gasteiger partial charge in [-0.05, 0) is 48.0 Å². The molecule has 0 aliphatic carbocycles. The van der Waals surface area contributed by atoms with Gasteiger partial charge in [-0.25, -0.2) is 8.42 Å². The lowest BCUT2D eigenvalue weighted by Gasteiger charge is -2.17. The minimum atomic E-state index is -3.89. The average molecular weight is 491 g/mol. The summed E-state index contributed by atoms with van der Waals surface area (Å²) in [6.45, 7) is 0.780. The van der Waals surface area contributed by atoms with Gasteiger partial charge in [-0.1, -0.05) is 36.4 Å². The molecule has 0 aliphatic heterocycles. The summed E-state index contributed by atoms with van der Waals surface area (Å²) in [5.41, 5.74) is 2.59. The van der Waals surface area contributed by atoms with E-state index >= 15 is 0 Å². The lowest BCUT2D eigenvalue weighted by molar-refractivity contribution is 0.0785. The molecule has 3 aromatic carbocycles. The number of carbonyl (C=O) groups excluding carboxylic acids is 1. The van der Waals surface area contributed by atoms with E-state index in [1.807, 2.05) is 36.5 Å². The Hall–Kier alpha value is -4.11. The minimum absolute atomic E-state index is 0.00234. The maximum absolute atomic E-state index is 13.0. The van der Waals surface area contributed by atoms with Gasteiger partial charge in [0.15, 0.2) is 0 Å². The number of hydrogen-bond donors (Lipinski definition) is 1. The van der Waals surface area contributed by atoms with Gasteiger partial charge in [0.25, 0.3) is 15.9 Å². The fourth-order valence-corrected chi connectivity index (χ4v) is 4.59. The molecule has 4 rings (SSSR count). The molecule has 1 N–H and O–H groups in total. The molecule has 0 radical (unpaired) electrons. The van der Waals surface area contributed by atoms with Crippen molar-refractivity contribution in [2.75, 3.05) is 11.8 Å². The maximum atomic E-state index is 13.0. The lowest BCUT2D eigenvalue weighted by Crippen LogP contribution is -2.26. The van der Waals surface area contributed by atoms with Gasteiger partial charge in [0.2, 0.25) is 0 Å². The molecule has 0 atom stereocenters. The van der Waals surface area contributed by atoms with E-state index in [2.05, 4.69) is 9.82 Å². The number of nitrogens with one attached hydrogen (secondary N) is 1. The van der Waals surface area contributed by atoms with Gasteiger partial charge < -0.3 is 9.64 Å². The van der Waals surface area contributed by atoms with Crippen LogP contribution < -0.4 is 9.46 Å². The zero-order valence-corrected chi connectivity index (χ0v) is 20.3. The maximum Gasteiger partial charge on any atom is 0.261 e. The summed E-state index contributed by atoms with van der Waals surface area (Å²) in [5, 5.41) is 4.10. The average Bonchev–Trinajstić information content (AvgIpc) is 3.28. The van der Waals surface area contributed by atoms with Gasteiger partial charge in [0.1, 0.15) is 12.4 Å².